The van der Waals surface area contributed by atoms with Crippen LogP contribution in [0.4, 0.5) is 28.8 Å². The van der Waals surface area contributed by atoms with E-state index in [9.17, 15) is 8.42 Å². The van der Waals surface area contributed by atoms with Crippen molar-refractivity contribution in [2.75, 3.05) is 48.8 Å². The van der Waals surface area contributed by atoms with E-state index in [0.29, 0.717) is 17.3 Å². The predicted octanol–water partition coefficient (Wildman–Crippen LogP) is 5.28. The smallest absolute Gasteiger partial charge is 0.238 e. The van der Waals surface area contributed by atoms with Gasteiger partial charge in [0.25, 0.3) is 0 Å². The molecule has 1 aliphatic rings. The Labute approximate surface area is 245 Å². The van der Waals surface area contributed by atoms with Gasteiger partial charge in [-0.25, -0.2) is 18.4 Å². The van der Waals surface area contributed by atoms with E-state index in [-0.39, 0.29) is 21.7 Å². The normalized spacial score (nSPS) is 13.7. The number of para-hydroxylation sites is 1. The summed E-state index contributed by atoms with van der Waals surface area (Å²) in [4.78, 5) is 16.0. The third-order valence-electron chi connectivity index (χ3n) is 6.76. The van der Waals surface area contributed by atoms with Crippen LogP contribution in [0.25, 0.3) is 11.3 Å². The number of pyridine rings is 1. The number of methoxy groups -OCH3 is 1. The zero-order valence-electron chi connectivity index (χ0n) is 23.1. The highest BCUT2D eigenvalue weighted by atomic mass is 35.5. The van der Waals surface area contributed by atoms with Gasteiger partial charge in [-0.1, -0.05) is 35.9 Å². The molecule has 214 valence electrons. The average Bonchev–Trinajstić information content (AvgIpc) is 2.99. The van der Waals surface area contributed by atoms with Crippen LogP contribution in [-0.2, 0) is 9.84 Å². The number of benzene rings is 2. The van der Waals surface area contributed by atoms with Gasteiger partial charge in [-0.15, -0.1) is 0 Å². The lowest BCUT2D eigenvalue weighted by atomic mass is 10.1. The van der Waals surface area contributed by atoms with E-state index >= 15 is 0 Å². The standard InChI is InChI=1S/C29H32ClN7O3S/c1-19(2)41(38,39)26-7-5-4-6-24(26)33-27-22(30)18-32-29(36-27)35-25-13-12-23(34-28(25)40-3)20-8-10-21(11-9-20)37-16-14-31-15-17-37/h4-13,18-19,31H,14-17H2,1-3H3,(H2,32,33,35,36). The van der Waals surface area contributed by atoms with Crippen molar-refractivity contribution in [1.82, 2.24) is 20.3 Å². The second kappa shape index (κ2) is 12.3. The summed E-state index contributed by atoms with van der Waals surface area (Å²) in [5.41, 5.74) is 3.86. The summed E-state index contributed by atoms with van der Waals surface area (Å²) in [7, 11) is -1.99. The first-order valence-electron chi connectivity index (χ1n) is 13.3. The number of ether oxygens (including phenoxy) is 1. The largest absolute Gasteiger partial charge is 0.479 e. The van der Waals surface area contributed by atoms with Crippen molar-refractivity contribution in [3.05, 3.63) is 71.9 Å². The summed E-state index contributed by atoms with van der Waals surface area (Å²) in [6.45, 7) is 7.22. The van der Waals surface area contributed by atoms with E-state index in [1.54, 1.807) is 45.2 Å². The van der Waals surface area contributed by atoms with E-state index in [0.717, 1.165) is 37.4 Å². The van der Waals surface area contributed by atoms with Crippen molar-refractivity contribution in [3.63, 3.8) is 0 Å². The Morgan fingerprint density at radius 2 is 1.68 bits per heavy atom. The molecular weight excluding hydrogens is 562 g/mol. The number of anilines is 5. The van der Waals surface area contributed by atoms with Gasteiger partial charge in [-0.3, -0.25) is 0 Å². The van der Waals surface area contributed by atoms with E-state index < -0.39 is 15.1 Å². The molecule has 0 saturated carbocycles. The highest BCUT2D eigenvalue weighted by molar-refractivity contribution is 7.92. The van der Waals surface area contributed by atoms with Crippen LogP contribution in [0.2, 0.25) is 5.02 Å². The first-order chi connectivity index (χ1) is 19.8. The van der Waals surface area contributed by atoms with Gasteiger partial charge in [0.15, 0.2) is 15.7 Å². The van der Waals surface area contributed by atoms with Gasteiger partial charge in [0.05, 0.1) is 34.8 Å². The predicted molar refractivity (Wildman–Crippen MR) is 164 cm³/mol. The lowest BCUT2D eigenvalue weighted by Crippen LogP contribution is -2.43. The van der Waals surface area contributed by atoms with Gasteiger partial charge < -0.3 is 25.6 Å². The maximum Gasteiger partial charge on any atom is 0.238 e. The molecule has 1 aliphatic heterocycles. The Morgan fingerprint density at radius 3 is 2.39 bits per heavy atom. The summed E-state index contributed by atoms with van der Waals surface area (Å²) < 4.78 is 31.3. The minimum Gasteiger partial charge on any atom is -0.479 e. The number of aromatic nitrogens is 3. The van der Waals surface area contributed by atoms with Crippen molar-refractivity contribution < 1.29 is 13.2 Å². The van der Waals surface area contributed by atoms with Crippen LogP contribution in [0.15, 0.2) is 71.8 Å². The minimum absolute atomic E-state index is 0.168. The quantitative estimate of drug-likeness (QED) is 0.236. The van der Waals surface area contributed by atoms with Crippen LogP contribution in [-0.4, -0.2) is 61.9 Å². The Kier molecular flexibility index (Phi) is 8.57. The SMILES string of the molecule is COc1nc(-c2ccc(N3CCNCC3)cc2)ccc1Nc1ncc(Cl)c(Nc2ccccc2S(=O)(=O)C(C)C)n1. The molecule has 10 nitrogen and oxygen atoms in total. The van der Waals surface area contributed by atoms with E-state index in [2.05, 4.69) is 55.1 Å². The van der Waals surface area contributed by atoms with E-state index in [1.165, 1.54) is 11.9 Å². The molecule has 2 aromatic carbocycles. The molecule has 0 amide bonds. The fraction of sp³-hybridized carbons (Fsp3) is 0.276. The molecule has 2 aromatic heterocycles. The number of hydrogen-bond acceptors (Lipinski definition) is 10. The van der Waals surface area contributed by atoms with Crippen molar-refractivity contribution in [2.45, 2.75) is 24.0 Å². The van der Waals surface area contributed by atoms with Crippen LogP contribution in [0, 0.1) is 0 Å². The van der Waals surface area contributed by atoms with Gasteiger partial charge in [-0.2, -0.15) is 4.98 Å². The average molecular weight is 594 g/mol. The minimum atomic E-state index is -3.54. The van der Waals surface area contributed by atoms with Crippen molar-refractivity contribution >= 4 is 50.3 Å². The molecule has 0 aliphatic carbocycles. The highest BCUT2D eigenvalue weighted by Gasteiger charge is 2.23. The Hall–Kier alpha value is -3.93. The maximum atomic E-state index is 12.9. The summed E-state index contributed by atoms with van der Waals surface area (Å²) in [6.07, 6.45) is 1.44. The Balaban J connectivity index is 1.36. The highest BCUT2D eigenvalue weighted by Crippen LogP contribution is 2.33. The maximum absolute atomic E-state index is 12.9. The number of nitrogens with zero attached hydrogens (tertiary/aromatic N) is 4. The molecule has 0 unspecified atom stereocenters. The number of rotatable bonds is 9. The fourth-order valence-electron chi connectivity index (χ4n) is 4.45. The number of hydrogen-bond donors (Lipinski definition) is 3. The molecule has 4 aromatic rings. The van der Waals surface area contributed by atoms with Crippen LogP contribution in [0.1, 0.15) is 13.8 Å². The third kappa shape index (κ3) is 6.37. The zero-order valence-corrected chi connectivity index (χ0v) is 24.6. The fourth-order valence-corrected chi connectivity index (χ4v) is 5.79. The monoisotopic (exact) mass is 593 g/mol. The van der Waals surface area contributed by atoms with Crippen LogP contribution in [0.5, 0.6) is 5.88 Å². The van der Waals surface area contributed by atoms with Crippen LogP contribution in [0.3, 0.4) is 0 Å². The lowest BCUT2D eigenvalue weighted by molar-refractivity contribution is 0.400. The molecule has 1 saturated heterocycles. The lowest BCUT2D eigenvalue weighted by Gasteiger charge is -2.29. The Bertz CT molecular complexity index is 1630. The second-order valence-corrected chi connectivity index (χ2v) is 12.6. The first kappa shape index (κ1) is 28.6. The summed E-state index contributed by atoms with van der Waals surface area (Å²) in [5.74, 6) is 0.855. The molecule has 5 rings (SSSR count). The Morgan fingerprint density at radius 1 is 0.951 bits per heavy atom. The molecule has 0 radical (unpaired) electrons. The van der Waals surface area contributed by atoms with Gasteiger partial charge in [0, 0.05) is 37.4 Å². The number of nitrogens with one attached hydrogen (secondary N) is 3. The second-order valence-electron chi connectivity index (χ2n) is 9.77. The van der Waals surface area contributed by atoms with Gasteiger partial charge in [0.2, 0.25) is 11.8 Å². The number of sulfone groups is 1. The van der Waals surface area contributed by atoms with Crippen LogP contribution >= 0.6 is 11.6 Å². The number of piperazine rings is 1. The molecule has 0 bridgehead atoms. The third-order valence-corrected chi connectivity index (χ3v) is 9.24. The molecule has 0 spiro atoms. The van der Waals surface area contributed by atoms with Crippen molar-refractivity contribution in [2.24, 2.45) is 0 Å². The molecule has 12 heteroatoms. The molecule has 41 heavy (non-hydrogen) atoms. The van der Waals surface area contributed by atoms with Crippen LogP contribution < -0.4 is 25.6 Å². The van der Waals surface area contributed by atoms with Crippen molar-refractivity contribution in [1.29, 1.82) is 0 Å². The van der Waals surface area contributed by atoms with Crippen molar-refractivity contribution in [3.8, 4) is 17.1 Å². The molecule has 0 atom stereocenters. The van der Waals surface area contributed by atoms with Gasteiger partial charge in [0.1, 0.15) is 10.7 Å². The molecule has 3 N–H and O–H groups in total. The zero-order chi connectivity index (χ0) is 29.0. The molecule has 3 heterocycles. The van der Waals surface area contributed by atoms with E-state index in [1.807, 2.05) is 12.1 Å². The first-order valence-corrected chi connectivity index (χ1v) is 15.2. The molecular formula is C29H32ClN7O3S. The number of halogens is 1. The summed E-state index contributed by atoms with van der Waals surface area (Å²) >= 11 is 6.38. The van der Waals surface area contributed by atoms with Gasteiger partial charge >= 0.3 is 0 Å². The topological polar surface area (TPSA) is 121 Å². The molecule has 1 fully saturated rings. The van der Waals surface area contributed by atoms with Gasteiger partial charge in [-0.05, 0) is 50.2 Å². The summed E-state index contributed by atoms with van der Waals surface area (Å²) in [5, 5.41) is 9.21. The summed E-state index contributed by atoms with van der Waals surface area (Å²) in [6, 6.07) is 18.7. The van der Waals surface area contributed by atoms with E-state index in [4.69, 9.17) is 21.3 Å².